The molecule has 0 saturated carbocycles. The summed E-state index contributed by atoms with van der Waals surface area (Å²) in [4.78, 5) is 0. The molecule has 0 spiro atoms. The molecule has 0 N–H and O–H groups in total. The summed E-state index contributed by atoms with van der Waals surface area (Å²) in [6.07, 6.45) is -2.66. The normalized spacial score (nSPS) is 13.5. The number of halogens is 4. The molecule has 0 aliphatic carbocycles. The van der Waals surface area contributed by atoms with Gasteiger partial charge in [0.05, 0.1) is 5.56 Å². The summed E-state index contributed by atoms with van der Waals surface area (Å²) >= 11 is 4.46. The van der Waals surface area contributed by atoms with Crippen LogP contribution < -0.4 is 0 Å². The number of alkyl halides is 3. The zero-order chi connectivity index (χ0) is 16.2. The van der Waals surface area contributed by atoms with Crippen LogP contribution in [0.5, 0.6) is 0 Å². The lowest BCUT2D eigenvalue weighted by molar-refractivity contribution is -0.137. The van der Waals surface area contributed by atoms with Gasteiger partial charge in [-0.05, 0) is 47.1 Å². The fourth-order valence-electron chi connectivity index (χ4n) is 1.73. The smallest absolute Gasteiger partial charge is 0.416 e. The molecule has 2 rings (SSSR count). The predicted octanol–water partition coefficient (Wildman–Crippen LogP) is 5.28. The van der Waals surface area contributed by atoms with E-state index in [4.69, 9.17) is 11.6 Å². The van der Waals surface area contributed by atoms with Gasteiger partial charge in [0.1, 0.15) is 11.2 Å². The van der Waals surface area contributed by atoms with Gasteiger partial charge in [-0.3, -0.25) is 0 Å². The Bertz CT molecular complexity index is 636. The summed E-state index contributed by atoms with van der Waals surface area (Å²) in [7, 11) is 0. The molecule has 6 heteroatoms. The zero-order valence-corrected chi connectivity index (χ0v) is 12.9. The van der Waals surface area contributed by atoms with Crippen molar-refractivity contribution >= 4 is 28.9 Å². The quantitative estimate of drug-likeness (QED) is 0.692. The summed E-state index contributed by atoms with van der Waals surface area (Å²) < 4.78 is 49.2. The first-order chi connectivity index (χ1) is 10.3. The van der Waals surface area contributed by atoms with Gasteiger partial charge in [-0.1, -0.05) is 35.9 Å². The Kier molecular flexibility index (Phi) is 5.56. The highest BCUT2D eigenvalue weighted by molar-refractivity contribution is 7.93. The molecule has 22 heavy (non-hydrogen) atoms. The van der Waals surface area contributed by atoms with E-state index in [1.807, 2.05) is 0 Å². The second-order valence-corrected chi connectivity index (χ2v) is 6.33. The molecule has 0 aromatic heterocycles. The average molecular weight is 345 g/mol. The summed E-state index contributed by atoms with van der Waals surface area (Å²) in [5.41, 5.74) is 0.732. The van der Waals surface area contributed by atoms with Crippen LogP contribution in [-0.4, -0.2) is 4.55 Å². The van der Waals surface area contributed by atoms with E-state index in [0.717, 1.165) is 17.7 Å². The van der Waals surface area contributed by atoms with Crippen LogP contribution in [0, 0.1) is 0 Å². The van der Waals surface area contributed by atoms with Crippen molar-refractivity contribution in [1.29, 1.82) is 0 Å². The minimum absolute atomic E-state index is 0.169. The van der Waals surface area contributed by atoms with Crippen LogP contribution in [0.25, 0.3) is 6.08 Å². The lowest BCUT2D eigenvalue weighted by Gasteiger charge is -2.09. The first-order valence-corrected chi connectivity index (χ1v) is 8.08. The van der Waals surface area contributed by atoms with E-state index in [1.54, 1.807) is 30.3 Å². The van der Waals surface area contributed by atoms with Crippen LogP contribution in [0.1, 0.15) is 16.7 Å². The predicted molar refractivity (Wildman–Crippen MR) is 83.8 cm³/mol. The standard InChI is InChI=1S/C16H12ClF3OS/c17-15-7-3-12(4-8-15)9-10-22(21)11-13-1-5-14(6-2-13)16(18,19)20/h1-10H,11H2. The van der Waals surface area contributed by atoms with Gasteiger partial charge in [-0.15, -0.1) is 0 Å². The maximum absolute atomic E-state index is 12.4. The van der Waals surface area contributed by atoms with Crippen LogP contribution in [-0.2, 0) is 23.1 Å². The third-order valence-corrected chi connectivity index (χ3v) is 4.18. The molecule has 2 aromatic carbocycles. The largest absolute Gasteiger partial charge is 0.612 e. The third kappa shape index (κ3) is 5.09. The molecular formula is C16H12ClF3OS. The second-order valence-electron chi connectivity index (χ2n) is 4.57. The van der Waals surface area contributed by atoms with Crippen molar-refractivity contribution < 1.29 is 17.7 Å². The highest BCUT2D eigenvalue weighted by Gasteiger charge is 2.30. The molecule has 0 fully saturated rings. The van der Waals surface area contributed by atoms with Crippen LogP contribution in [0.2, 0.25) is 5.02 Å². The van der Waals surface area contributed by atoms with Gasteiger partial charge in [0.15, 0.2) is 0 Å². The van der Waals surface area contributed by atoms with E-state index >= 15 is 0 Å². The Morgan fingerprint density at radius 2 is 1.59 bits per heavy atom. The average Bonchev–Trinajstić information content (AvgIpc) is 2.46. The van der Waals surface area contributed by atoms with Crippen LogP contribution in [0.4, 0.5) is 13.2 Å². The zero-order valence-electron chi connectivity index (χ0n) is 11.3. The molecule has 0 heterocycles. The monoisotopic (exact) mass is 344 g/mol. The number of rotatable bonds is 4. The number of benzene rings is 2. The van der Waals surface area contributed by atoms with Gasteiger partial charge in [0.2, 0.25) is 0 Å². The maximum Gasteiger partial charge on any atom is 0.416 e. The Morgan fingerprint density at radius 3 is 2.14 bits per heavy atom. The summed E-state index contributed by atoms with van der Waals surface area (Å²) in [6, 6.07) is 11.7. The Morgan fingerprint density at radius 1 is 1.00 bits per heavy atom. The second kappa shape index (κ2) is 7.22. The van der Waals surface area contributed by atoms with Crippen molar-refractivity contribution in [3.63, 3.8) is 0 Å². The molecule has 0 bridgehead atoms. The van der Waals surface area contributed by atoms with Gasteiger partial charge in [0, 0.05) is 10.6 Å². The van der Waals surface area contributed by atoms with E-state index in [1.165, 1.54) is 17.5 Å². The molecule has 1 nitrogen and oxygen atoms in total. The minimum Gasteiger partial charge on any atom is -0.612 e. The van der Waals surface area contributed by atoms with E-state index in [9.17, 15) is 17.7 Å². The first-order valence-electron chi connectivity index (χ1n) is 6.32. The SMILES string of the molecule is [O-][S+](C=Cc1ccc(Cl)cc1)Cc1ccc(C(F)(F)F)cc1. The molecule has 0 aliphatic heterocycles. The third-order valence-electron chi connectivity index (χ3n) is 2.87. The van der Waals surface area contributed by atoms with Crippen LogP contribution in [0.3, 0.4) is 0 Å². The Hall–Kier alpha value is -1.43. The van der Waals surface area contributed by atoms with Crippen molar-refractivity contribution in [1.82, 2.24) is 0 Å². The van der Waals surface area contributed by atoms with Crippen molar-refractivity contribution in [2.24, 2.45) is 0 Å². The molecule has 0 aliphatic rings. The molecule has 2 aromatic rings. The molecule has 1 atom stereocenters. The lowest BCUT2D eigenvalue weighted by Crippen LogP contribution is -2.05. The molecule has 0 amide bonds. The maximum atomic E-state index is 12.4. The highest BCUT2D eigenvalue weighted by Crippen LogP contribution is 2.29. The van der Waals surface area contributed by atoms with Gasteiger partial charge in [-0.25, -0.2) is 0 Å². The van der Waals surface area contributed by atoms with Crippen molar-refractivity contribution in [2.45, 2.75) is 11.9 Å². The number of hydrogen-bond donors (Lipinski definition) is 0. The molecular weight excluding hydrogens is 333 g/mol. The first kappa shape index (κ1) is 16.9. The molecule has 0 saturated heterocycles. The van der Waals surface area contributed by atoms with Crippen molar-refractivity contribution in [2.75, 3.05) is 0 Å². The minimum atomic E-state index is -4.35. The van der Waals surface area contributed by atoms with Crippen LogP contribution >= 0.6 is 11.6 Å². The van der Waals surface area contributed by atoms with Gasteiger partial charge >= 0.3 is 6.18 Å². The summed E-state index contributed by atoms with van der Waals surface area (Å²) in [5.74, 6) is 0.169. The summed E-state index contributed by atoms with van der Waals surface area (Å²) in [6.45, 7) is 0. The highest BCUT2D eigenvalue weighted by atomic mass is 35.5. The fourth-order valence-corrected chi connectivity index (χ4v) is 2.78. The van der Waals surface area contributed by atoms with Crippen molar-refractivity contribution in [3.8, 4) is 0 Å². The summed E-state index contributed by atoms with van der Waals surface area (Å²) in [5, 5.41) is 2.13. The number of hydrogen-bond acceptors (Lipinski definition) is 1. The van der Waals surface area contributed by atoms with Gasteiger partial charge < -0.3 is 4.55 Å². The molecule has 1 unspecified atom stereocenters. The van der Waals surface area contributed by atoms with Gasteiger partial charge in [0.25, 0.3) is 0 Å². The van der Waals surface area contributed by atoms with Gasteiger partial charge in [-0.2, -0.15) is 13.2 Å². The fraction of sp³-hybridized carbons (Fsp3) is 0.125. The van der Waals surface area contributed by atoms with E-state index < -0.39 is 22.9 Å². The Labute approximate surface area is 134 Å². The Balaban J connectivity index is 1.97. The van der Waals surface area contributed by atoms with E-state index in [2.05, 4.69) is 0 Å². The molecule has 0 radical (unpaired) electrons. The van der Waals surface area contributed by atoms with Crippen LogP contribution in [0.15, 0.2) is 53.9 Å². The van der Waals surface area contributed by atoms with Crippen molar-refractivity contribution in [3.05, 3.63) is 75.7 Å². The van der Waals surface area contributed by atoms with E-state index in [-0.39, 0.29) is 5.75 Å². The molecule has 116 valence electrons. The topological polar surface area (TPSA) is 23.1 Å². The van der Waals surface area contributed by atoms with E-state index in [0.29, 0.717) is 10.6 Å². The lowest BCUT2D eigenvalue weighted by atomic mass is 10.1.